The van der Waals surface area contributed by atoms with Gasteiger partial charge in [0.1, 0.15) is 10.7 Å². The van der Waals surface area contributed by atoms with E-state index in [0.717, 1.165) is 12.1 Å². The smallest absolute Gasteiger partial charge is 0.416 e. The molecule has 0 atom stereocenters. The van der Waals surface area contributed by atoms with Crippen LogP contribution < -0.4 is 12.4 Å². The van der Waals surface area contributed by atoms with E-state index in [0.29, 0.717) is 5.39 Å². The molecule has 1 aromatic heterocycles. The number of nitrogens with zero attached hydrogens (tertiary/aromatic N) is 1. The van der Waals surface area contributed by atoms with Crippen molar-refractivity contribution >= 4 is 28.5 Å². The van der Waals surface area contributed by atoms with Crippen LogP contribution in [0.15, 0.2) is 18.2 Å². The van der Waals surface area contributed by atoms with Crippen LogP contribution in [0.5, 0.6) is 0 Å². The zero-order chi connectivity index (χ0) is 14.4. The molecule has 8 heteroatoms. The Bertz CT molecular complexity index is 686. The molecule has 2 rings (SSSR count). The molecule has 20 heavy (non-hydrogen) atoms. The van der Waals surface area contributed by atoms with Gasteiger partial charge in [0.25, 0.3) is 0 Å². The number of pyridine rings is 1. The SMILES string of the molecule is Cc1c(C(=O)O)c(Cl)nc2cc(C(F)(F)F)ccc12.[Cl-]. The molecule has 0 unspecified atom stereocenters. The van der Waals surface area contributed by atoms with Crippen molar-refractivity contribution in [2.45, 2.75) is 13.1 Å². The number of hydrogen-bond donors (Lipinski definition) is 1. The van der Waals surface area contributed by atoms with Gasteiger partial charge in [-0.3, -0.25) is 0 Å². The van der Waals surface area contributed by atoms with Crippen LogP contribution in [0.25, 0.3) is 10.9 Å². The van der Waals surface area contributed by atoms with Crippen LogP contribution in [-0.4, -0.2) is 16.1 Å². The molecule has 108 valence electrons. The fourth-order valence-corrected chi connectivity index (χ4v) is 2.13. The number of fused-ring (bicyclic) bond motifs is 1. The Morgan fingerprint density at radius 1 is 1.35 bits per heavy atom. The minimum absolute atomic E-state index is 0. The van der Waals surface area contributed by atoms with E-state index in [9.17, 15) is 18.0 Å². The van der Waals surface area contributed by atoms with Crippen molar-refractivity contribution in [3.8, 4) is 0 Å². The van der Waals surface area contributed by atoms with Gasteiger partial charge in [-0.15, -0.1) is 0 Å². The summed E-state index contributed by atoms with van der Waals surface area (Å²) in [4.78, 5) is 14.7. The first-order valence-corrected chi connectivity index (χ1v) is 5.50. The monoisotopic (exact) mass is 324 g/mol. The molecule has 0 fully saturated rings. The molecule has 0 saturated carbocycles. The maximum Gasteiger partial charge on any atom is 0.416 e. The number of carboxylic acid groups (broad SMARTS) is 1. The minimum atomic E-state index is -4.48. The number of aryl methyl sites for hydroxylation is 1. The second-order valence-electron chi connectivity index (χ2n) is 3.94. The van der Waals surface area contributed by atoms with Gasteiger partial charge in [-0.05, 0) is 24.6 Å². The third-order valence-corrected chi connectivity index (χ3v) is 3.02. The van der Waals surface area contributed by atoms with Crippen molar-refractivity contribution in [2.75, 3.05) is 0 Å². The number of rotatable bonds is 1. The highest BCUT2D eigenvalue weighted by Crippen LogP contribution is 2.33. The summed E-state index contributed by atoms with van der Waals surface area (Å²) < 4.78 is 37.7. The molecule has 1 N–H and O–H groups in total. The molecule has 0 aliphatic heterocycles. The van der Waals surface area contributed by atoms with Gasteiger partial charge in [0.15, 0.2) is 0 Å². The Morgan fingerprint density at radius 3 is 2.45 bits per heavy atom. The number of carbonyl (C=O) groups is 1. The van der Waals surface area contributed by atoms with E-state index in [1.165, 1.54) is 13.0 Å². The Balaban J connectivity index is 0.00000200. The van der Waals surface area contributed by atoms with Gasteiger partial charge >= 0.3 is 12.1 Å². The quantitative estimate of drug-likeness (QED) is 0.794. The molecule has 0 spiro atoms. The first-order valence-electron chi connectivity index (χ1n) is 5.12. The molecule has 1 heterocycles. The molecule has 3 nitrogen and oxygen atoms in total. The van der Waals surface area contributed by atoms with Crippen molar-refractivity contribution < 1.29 is 35.5 Å². The van der Waals surface area contributed by atoms with Gasteiger partial charge in [-0.25, -0.2) is 9.78 Å². The maximum atomic E-state index is 12.6. The van der Waals surface area contributed by atoms with Crippen molar-refractivity contribution in [1.82, 2.24) is 4.98 Å². The van der Waals surface area contributed by atoms with Crippen molar-refractivity contribution in [1.29, 1.82) is 0 Å². The Morgan fingerprint density at radius 2 is 1.95 bits per heavy atom. The molecule has 0 aliphatic rings. The fraction of sp³-hybridized carbons (Fsp3) is 0.167. The van der Waals surface area contributed by atoms with E-state index in [4.69, 9.17) is 16.7 Å². The number of hydrogen-bond acceptors (Lipinski definition) is 2. The van der Waals surface area contributed by atoms with Crippen LogP contribution in [0.3, 0.4) is 0 Å². The highest BCUT2D eigenvalue weighted by molar-refractivity contribution is 6.33. The number of carboxylic acids is 1. The molecule has 0 saturated heterocycles. The van der Waals surface area contributed by atoms with Crippen molar-refractivity contribution in [2.24, 2.45) is 0 Å². The van der Waals surface area contributed by atoms with Gasteiger partial charge < -0.3 is 17.5 Å². The first-order chi connectivity index (χ1) is 8.71. The lowest BCUT2D eigenvalue weighted by Crippen LogP contribution is -3.00. The number of benzene rings is 1. The van der Waals surface area contributed by atoms with E-state index in [-0.39, 0.29) is 34.2 Å². The minimum Gasteiger partial charge on any atom is -1.00 e. The summed E-state index contributed by atoms with van der Waals surface area (Å²) in [5, 5.41) is 8.99. The summed E-state index contributed by atoms with van der Waals surface area (Å²) in [5.41, 5.74) is -0.751. The van der Waals surface area contributed by atoms with Gasteiger partial charge in [0.05, 0.1) is 11.1 Å². The van der Waals surface area contributed by atoms with Crippen LogP contribution in [0.1, 0.15) is 21.5 Å². The van der Waals surface area contributed by atoms with Gasteiger partial charge in [-0.1, -0.05) is 17.7 Å². The second kappa shape index (κ2) is 5.46. The molecule has 0 amide bonds. The molecular weight excluding hydrogens is 318 g/mol. The van der Waals surface area contributed by atoms with E-state index in [2.05, 4.69) is 4.98 Å². The Hall–Kier alpha value is -1.53. The first kappa shape index (κ1) is 16.5. The average molecular weight is 325 g/mol. The molecule has 2 aromatic rings. The second-order valence-corrected chi connectivity index (χ2v) is 4.30. The van der Waals surface area contributed by atoms with E-state index in [1.54, 1.807) is 0 Å². The van der Waals surface area contributed by atoms with Gasteiger partial charge in [0, 0.05) is 5.39 Å². The zero-order valence-corrected chi connectivity index (χ0v) is 11.4. The maximum absolute atomic E-state index is 12.6. The van der Waals surface area contributed by atoms with Crippen LogP contribution in [0.2, 0.25) is 5.15 Å². The van der Waals surface area contributed by atoms with Crippen LogP contribution >= 0.6 is 11.6 Å². The van der Waals surface area contributed by atoms with Crippen molar-refractivity contribution in [3.05, 3.63) is 40.0 Å². The molecule has 1 aromatic carbocycles. The van der Waals surface area contributed by atoms with Crippen molar-refractivity contribution in [3.63, 3.8) is 0 Å². The number of alkyl halides is 3. The highest BCUT2D eigenvalue weighted by Gasteiger charge is 2.31. The average Bonchev–Trinajstić information content (AvgIpc) is 2.26. The topological polar surface area (TPSA) is 50.2 Å². The normalized spacial score (nSPS) is 11.2. The Labute approximate surface area is 122 Å². The van der Waals surface area contributed by atoms with Gasteiger partial charge in [0.2, 0.25) is 0 Å². The molecule has 0 radical (unpaired) electrons. The largest absolute Gasteiger partial charge is 1.00 e. The lowest BCUT2D eigenvalue weighted by Gasteiger charge is -2.11. The summed E-state index contributed by atoms with van der Waals surface area (Å²) in [6.45, 7) is 1.48. The highest BCUT2D eigenvalue weighted by atomic mass is 35.5. The standard InChI is InChI=1S/C12H7ClF3NO2.ClH/c1-5-7-3-2-6(12(14,15)16)4-8(7)17-10(13)9(5)11(18)19;/h2-4H,1H3,(H,18,19);1H/p-1. The predicted molar refractivity (Wildman–Crippen MR) is 63.5 cm³/mol. The summed E-state index contributed by atoms with van der Waals surface area (Å²) in [5.74, 6) is -1.27. The Kier molecular flexibility index (Phi) is 4.51. The van der Waals surface area contributed by atoms with E-state index >= 15 is 0 Å². The van der Waals surface area contributed by atoms with E-state index in [1.807, 2.05) is 0 Å². The van der Waals surface area contributed by atoms with Gasteiger partial charge in [-0.2, -0.15) is 13.2 Å². The summed E-state index contributed by atoms with van der Waals surface area (Å²) >= 11 is 5.70. The van der Waals surface area contributed by atoms with E-state index < -0.39 is 17.7 Å². The molecule has 0 bridgehead atoms. The number of aromatic nitrogens is 1. The zero-order valence-electron chi connectivity index (χ0n) is 9.92. The lowest BCUT2D eigenvalue weighted by atomic mass is 10.0. The predicted octanol–water partition coefficient (Wildman–Crippen LogP) is 0.918. The van der Waals surface area contributed by atoms with Crippen LogP contribution in [0.4, 0.5) is 13.2 Å². The third kappa shape index (κ3) is 2.81. The summed E-state index contributed by atoms with van der Waals surface area (Å²) in [7, 11) is 0. The summed E-state index contributed by atoms with van der Waals surface area (Å²) in [6.07, 6.45) is -4.48. The molecule has 0 aliphatic carbocycles. The number of halogens is 5. The third-order valence-electron chi connectivity index (χ3n) is 2.74. The lowest BCUT2D eigenvalue weighted by molar-refractivity contribution is -0.137. The number of aromatic carboxylic acids is 1. The fourth-order valence-electron chi connectivity index (χ4n) is 1.82. The van der Waals surface area contributed by atoms with Crippen LogP contribution in [0, 0.1) is 6.92 Å². The van der Waals surface area contributed by atoms with Crippen LogP contribution in [-0.2, 0) is 6.18 Å². The summed E-state index contributed by atoms with van der Waals surface area (Å²) in [6, 6.07) is 2.93. The molecular formula is C12H7Cl2F3NO2-.